The van der Waals surface area contributed by atoms with Crippen LogP contribution in [0.4, 0.5) is 0 Å². The molecule has 0 saturated carbocycles. The summed E-state index contributed by atoms with van der Waals surface area (Å²) in [5.41, 5.74) is 4.16. The van der Waals surface area contributed by atoms with Crippen molar-refractivity contribution in [1.29, 1.82) is 5.41 Å². The summed E-state index contributed by atoms with van der Waals surface area (Å²) in [4.78, 5) is 4.35. The summed E-state index contributed by atoms with van der Waals surface area (Å²) in [6.45, 7) is 0. The molecule has 2 aromatic rings. The number of benzene rings is 1. The minimum Gasteiger partial charge on any atom is -0.493 e. The molecular formula is C17H17BrN2OS. The highest BCUT2D eigenvalue weighted by molar-refractivity contribution is 9.10. The normalized spacial score (nSPS) is 13.7. The molecule has 0 fully saturated rings. The number of nitrogens with one attached hydrogen (secondary N) is 1. The van der Waals surface area contributed by atoms with Crippen LogP contribution >= 0.6 is 27.7 Å². The van der Waals surface area contributed by atoms with E-state index in [1.54, 1.807) is 11.8 Å². The van der Waals surface area contributed by atoms with E-state index >= 15 is 0 Å². The predicted octanol–water partition coefficient (Wildman–Crippen LogP) is 4.72. The fraction of sp³-hybridized carbons (Fsp3) is 0.294. The Labute approximate surface area is 142 Å². The van der Waals surface area contributed by atoms with Gasteiger partial charge < -0.3 is 10.5 Å². The second-order valence-corrected chi connectivity index (χ2v) is 7.26. The number of pyridine rings is 1. The first kappa shape index (κ1) is 15.6. The van der Waals surface area contributed by atoms with E-state index in [2.05, 4.69) is 33.0 Å². The standard InChI is InChI=1S/C17H17BrN2OS/c18-12-5-3-4-11(8-12)10-22-17-14-7-2-1-6-13(14)15(9-19)16(21)20-17/h3-5,8-9,19H,1-2,6-7,10H2,(H,20,21). The summed E-state index contributed by atoms with van der Waals surface area (Å²) in [6.07, 6.45) is 5.43. The van der Waals surface area contributed by atoms with Gasteiger partial charge in [-0.25, -0.2) is 4.98 Å². The number of aromatic hydroxyl groups is 1. The first-order chi connectivity index (χ1) is 10.7. The lowest BCUT2D eigenvalue weighted by atomic mass is 9.90. The highest BCUT2D eigenvalue weighted by atomic mass is 79.9. The third-order valence-corrected chi connectivity index (χ3v) is 5.49. The van der Waals surface area contributed by atoms with Crippen molar-refractivity contribution < 1.29 is 5.11 Å². The van der Waals surface area contributed by atoms with Crippen molar-refractivity contribution in [2.75, 3.05) is 0 Å². The lowest BCUT2D eigenvalue weighted by molar-refractivity contribution is 0.443. The molecule has 114 valence electrons. The van der Waals surface area contributed by atoms with Gasteiger partial charge in [-0.05, 0) is 54.5 Å². The molecule has 2 N–H and O–H groups in total. The van der Waals surface area contributed by atoms with Crippen LogP contribution in [0.2, 0.25) is 0 Å². The van der Waals surface area contributed by atoms with Crippen LogP contribution in [0.1, 0.15) is 35.1 Å². The zero-order valence-corrected chi connectivity index (χ0v) is 14.5. The second-order valence-electron chi connectivity index (χ2n) is 5.38. The van der Waals surface area contributed by atoms with Gasteiger partial charge in [0.25, 0.3) is 0 Å². The highest BCUT2D eigenvalue weighted by Crippen LogP contribution is 2.36. The van der Waals surface area contributed by atoms with Crippen LogP contribution < -0.4 is 0 Å². The Morgan fingerprint density at radius 1 is 1.27 bits per heavy atom. The van der Waals surface area contributed by atoms with E-state index in [9.17, 15) is 5.11 Å². The van der Waals surface area contributed by atoms with Crippen LogP contribution in [0.15, 0.2) is 33.8 Å². The van der Waals surface area contributed by atoms with Gasteiger partial charge in [0.2, 0.25) is 5.88 Å². The molecule has 1 aromatic heterocycles. The quantitative estimate of drug-likeness (QED) is 0.599. The Bertz CT molecular complexity index is 718. The van der Waals surface area contributed by atoms with Crippen molar-refractivity contribution in [2.24, 2.45) is 0 Å². The molecule has 0 bridgehead atoms. The molecule has 0 unspecified atom stereocenters. The van der Waals surface area contributed by atoms with Crippen molar-refractivity contribution in [3.63, 3.8) is 0 Å². The molecular weight excluding hydrogens is 360 g/mol. The fourth-order valence-electron chi connectivity index (χ4n) is 2.85. The van der Waals surface area contributed by atoms with Crippen LogP contribution in [0.5, 0.6) is 5.88 Å². The number of hydrogen-bond acceptors (Lipinski definition) is 4. The maximum atomic E-state index is 10.1. The fourth-order valence-corrected chi connectivity index (χ4v) is 4.33. The van der Waals surface area contributed by atoms with Crippen LogP contribution in [-0.4, -0.2) is 16.3 Å². The number of nitrogens with zero attached hydrogens (tertiary/aromatic N) is 1. The Kier molecular flexibility index (Phi) is 4.84. The van der Waals surface area contributed by atoms with E-state index in [4.69, 9.17) is 5.41 Å². The van der Waals surface area contributed by atoms with E-state index in [0.29, 0.717) is 5.56 Å². The number of hydrogen-bond donors (Lipinski definition) is 2. The van der Waals surface area contributed by atoms with Gasteiger partial charge in [0.05, 0.1) is 5.56 Å². The molecule has 0 spiro atoms. The van der Waals surface area contributed by atoms with E-state index in [1.165, 1.54) is 17.3 Å². The summed E-state index contributed by atoms with van der Waals surface area (Å²) < 4.78 is 1.07. The monoisotopic (exact) mass is 376 g/mol. The van der Waals surface area contributed by atoms with Gasteiger partial charge in [-0.1, -0.05) is 28.1 Å². The summed E-state index contributed by atoms with van der Waals surface area (Å²) in [7, 11) is 0. The molecule has 1 aromatic carbocycles. The molecule has 0 aliphatic heterocycles. The number of halogens is 1. The van der Waals surface area contributed by atoms with Crippen LogP contribution in [0, 0.1) is 5.41 Å². The Morgan fingerprint density at radius 3 is 2.77 bits per heavy atom. The Balaban J connectivity index is 1.90. The van der Waals surface area contributed by atoms with Crippen molar-refractivity contribution in [3.8, 4) is 5.88 Å². The number of rotatable bonds is 4. The summed E-state index contributed by atoms with van der Waals surface area (Å²) >= 11 is 5.15. The summed E-state index contributed by atoms with van der Waals surface area (Å²) in [6, 6.07) is 8.23. The number of thioether (sulfide) groups is 1. The second kappa shape index (κ2) is 6.84. The molecule has 0 saturated heterocycles. The summed E-state index contributed by atoms with van der Waals surface area (Å²) in [5.74, 6) is 0.815. The zero-order chi connectivity index (χ0) is 15.5. The molecule has 1 heterocycles. The van der Waals surface area contributed by atoms with Crippen LogP contribution in [0.25, 0.3) is 0 Å². The first-order valence-corrected chi connectivity index (χ1v) is 9.09. The Hall–Kier alpha value is -1.33. The molecule has 22 heavy (non-hydrogen) atoms. The smallest absolute Gasteiger partial charge is 0.221 e. The maximum absolute atomic E-state index is 10.1. The largest absolute Gasteiger partial charge is 0.493 e. The third kappa shape index (κ3) is 3.20. The van der Waals surface area contributed by atoms with Crippen molar-refractivity contribution in [1.82, 2.24) is 4.98 Å². The average molecular weight is 377 g/mol. The highest BCUT2D eigenvalue weighted by Gasteiger charge is 2.21. The minimum absolute atomic E-state index is 0.00704. The molecule has 5 heteroatoms. The number of aromatic nitrogens is 1. The van der Waals surface area contributed by atoms with E-state index < -0.39 is 0 Å². The molecule has 0 radical (unpaired) electrons. The van der Waals surface area contributed by atoms with Gasteiger partial charge in [-0.3, -0.25) is 0 Å². The van der Waals surface area contributed by atoms with Crippen LogP contribution in [-0.2, 0) is 18.6 Å². The number of fused-ring (bicyclic) bond motifs is 1. The van der Waals surface area contributed by atoms with Crippen LogP contribution in [0.3, 0.4) is 0 Å². The van der Waals surface area contributed by atoms with Gasteiger partial charge in [0.1, 0.15) is 5.03 Å². The van der Waals surface area contributed by atoms with Crippen molar-refractivity contribution in [2.45, 2.75) is 36.5 Å². The van der Waals surface area contributed by atoms with Gasteiger partial charge in [-0.15, -0.1) is 11.8 Å². The first-order valence-electron chi connectivity index (χ1n) is 7.31. The lowest BCUT2D eigenvalue weighted by Gasteiger charge is -2.21. The zero-order valence-electron chi connectivity index (χ0n) is 12.1. The van der Waals surface area contributed by atoms with E-state index in [-0.39, 0.29) is 5.88 Å². The topological polar surface area (TPSA) is 57.0 Å². The van der Waals surface area contributed by atoms with E-state index in [0.717, 1.165) is 46.5 Å². The van der Waals surface area contributed by atoms with E-state index in [1.807, 2.05) is 12.1 Å². The molecule has 1 aliphatic carbocycles. The van der Waals surface area contributed by atoms with Crippen molar-refractivity contribution >= 4 is 33.9 Å². The Morgan fingerprint density at radius 2 is 2.05 bits per heavy atom. The van der Waals surface area contributed by atoms with Gasteiger partial charge >= 0.3 is 0 Å². The lowest BCUT2D eigenvalue weighted by Crippen LogP contribution is -2.10. The van der Waals surface area contributed by atoms with Gasteiger partial charge in [0, 0.05) is 16.4 Å². The van der Waals surface area contributed by atoms with Gasteiger partial charge in [0.15, 0.2) is 0 Å². The predicted molar refractivity (Wildman–Crippen MR) is 94.1 cm³/mol. The van der Waals surface area contributed by atoms with Crippen molar-refractivity contribution in [3.05, 3.63) is 51.0 Å². The maximum Gasteiger partial charge on any atom is 0.221 e. The third-order valence-electron chi connectivity index (χ3n) is 3.91. The molecule has 0 atom stereocenters. The molecule has 0 amide bonds. The molecule has 3 rings (SSSR count). The average Bonchev–Trinajstić information content (AvgIpc) is 2.53. The van der Waals surface area contributed by atoms with Gasteiger partial charge in [-0.2, -0.15) is 0 Å². The molecule has 3 nitrogen and oxygen atoms in total. The minimum atomic E-state index is -0.00704. The SMILES string of the molecule is N=Cc1c(O)nc(SCc2cccc(Br)c2)c2c1CCCC2. The molecule has 1 aliphatic rings. The summed E-state index contributed by atoms with van der Waals surface area (Å²) in [5, 5.41) is 18.5.